The van der Waals surface area contributed by atoms with Crippen molar-refractivity contribution in [3.63, 3.8) is 0 Å². The molecule has 7 nitrogen and oxygen atoms in total. The van der Waals surface area contributed by atoms with E-state index in [4.69, 9.17) is 14.0 Å². The maximum absolute atomic E-state index is 12.6. The summed E-state index contributed by atoms with van der Waals surface area (Å²) in [6, 6.07) is 5.57. The van der Waals surface area contributed by atoms with Crippen LogP contribution in [0, 0.1) is 6.92 Å². The zero-order chi connectivity index (χ0) is 22.5. The first-order valence-corrected chi connectivity index (χ1v) is 10.4. The first-order valence-electron chi connectivity index (χ1n) is 10.4. The Bertz CT molecular complexity index is 830. The van der Waals surface area contributed by atoms with Crippen molar-refractivity contribution in [3.05, 3.63) is 23.8 Å². The molecule has 30 heavy (non-hydrogen) atoms. The SMILES string of the molecule is Cc1cc(B2OC(C)(C)C(C)(C)O2)ccc1N1C[C@@H](NC(=O)OC(C)(C)C)CC1=O. The summed E-state index contributed by atoms with van der Waals surface area (Å²) in [6.07, 6.45) is -0.257. The zero-order valence-corrected chi connectivity index (χ0v) is 19.3. The summed E-state index contributed by atoms with van der Waals surface area (Å²) in [6.45, 7) is 15.9. The number of hydrogen-bond acceptors (Lipinski definition) is 5. The minimum absolute atomic E-state index is 0.0254. The molecule has 0 aromatic heterocycles. The smallest absolute Gasteiger partial charge is 0.444 e. The molecule has 8 heteroatoms. The second kappa shape index (κ2) is 7.57. The lowest BCUT2D eigenvalue weighted by molar-refractivity contribution is -0.117. The van der Waals surface area contributed by atoms with E-state index >= 15 is 0 Å². The zero-order valence-electron chi connectivity index (χ0n) is 19.3. The first kappa shape index (κ1) is 22.6. The fourth-order valence-corrected chi connectivity index (χ4v) is 3.62. The van der Waals surface area contributed by atoms with Gasteiger partial charge >= 0.3 is 13.2 Å². The Kier molecular flexibility index (Phi) is 5.71. The number of rotatable bonds is 3. The molecule has 0 bridgehead atoms. The van der Waals surface area contributed by atoms with Gasteiger partial charge in [-0.25, -0.2) is 4.79 Å². The number of aryl methyl sites for hydroxylation is 1. The van der Waals surface area contributed by atoms with Crippen LogP contribution < -0.4 is 15.7 Å². The first-order chi connectivity index (χ1) is 13.7. The normalized spacial score (nSPS) is 23.1. The van der Waals surface area contributed by atoms with E-state index in [9.17, 15) is 9.59 Å². The Morgan fingerprint density at radius 3 is 2.33 bits per heavy atom. The minimum Gasteiger partial charge on any atom is -0.444 e. The molecule has 2 heterocycles. The van der Waals surface area contributed by atoms with Gasteiger partial charge in [-0.3, -0.25) is 4.79 Å². The Labute approximate surface area is 179 Å². The number of ether oxygens (including phenoxy) is 1. The second-order valence-electron chi connectivity index (χ2n) is 10.2. The number of hydrogen-bond donors (Lipinski definition) is 1. The number of carbonyl (C=O) groups excluding carboxylic acids is 2. The van der Waals surface area contributed by atoms with E-state index in [0.29, 0.717) is 6.54 Å². The predicted molar refractivity (Wildman–Crippen MR) is 117 cm³/mol. The number of benzene rings is 1. The molecule has 1 N–H and O–H groups in total. The van der Waals surface area contributed by atoms with Crippen molar-refractivity contribution in [1.29, 1.82) is 0 Å². The fraction of sp³-hybridized carbons (Fsp3) is 0.636. The molecule has 0 aliphatic carbocycles. The van der Waals surface area contributed by atoms with Crippen LogP contribution in [-0.2, 0) is 18.8 Å². The van der Waals surface area contributed by atoms with Gasteiger partial charge in [-0.1, -0.05) is 12.1 Å². The van der Waals surface area contributed by atoms with Crippen LogP contribution in [0.25, 0.3) is 0 Å². The average Bonchev–Trinajstić information content (AvgIpc) is 3.01. The number of nitrogens with one attached hydrogen (secondary N) is 1. The third-order valence-corrected chi connectivity index (χ3v) is 5.88. The lowest BCUT2D eigenvalue weighted by Crippen LogP contribution is -2.41. The fourth-order valence-electron chi connectivity index (χ4n) is 3.62. The molecule has 1 atom stereocenters. The highest BCUT2D eigenvalue weighted by atomic mass is 16.7. The van der Waals surface area contributed by atoms with Gasteiger partial charge < -0.3 is 24.3 Å². The summed E-state index contributed by atoms with van der Waals surface area (Å²) in [7, 11) is -0.446. The van der Waals surface area contributed by atoms with Crippen LogP contribution >= 0.6 is 0 Å². The number of amides is 2. The molecule has 2 amide bonds. The highest BCUT2D eigenvalue weighted by molar-refractivity contribution is 6.62. The third kappa shape index (κ3) is 4.65. The van der Waals surface area contributed by atoms with E-state index < -0.39 is 30.0 Å². The quantitative estimate of drug-likeness (QED) is 0.767. The number of alkyl carbamates (subject to hydrolysis) is 1. The van der Waals surface area contributed by atoms with Gasteiger partial charge in [-0.05, 0) is 72.5 Å². The summed E-state index contributed by atoms with van der Waals surface area (Å²) in [4.78, 5) is 26.4. The van der Waals surface area contributed by atoms with Crippen LogP contribution in [0.3, 0.4) is 0 Å². The molecule has 2 aliphatic heterocycles. The van der Waals surface area contributed by atoms with E-state index in [0.717, 1.165) is 16.7 Å². The molecular weight excluding hydrogens is 383 g/mol. The van der Waals surface area contributed by atoms with Crippen LogP contribution in [0.15, 0.2) is 18.2 Å². The van der Waals surface area contributed by atoms with Crippen LogP contribution in [0.4, 0.5) is 10.5 Å². The van der Waals surface area contributed by atoms with E-state index in [1.54, 1.807) is 4.90 Å². The Hall–Kier alpha value is -2.06. The van der Waals surface area contributed by atoms with Crippen molar-refractivity contribution in [1.82, 2.24) is 5.32 Å². The van der Waals surface area contributed by atoms with Gasteiger partial charge in [0.05, 0.1) is 17.2 Å². The predicted octanol–water partition coefficient (Wildman–Crippen LogP) is 2.92. The standard InChI is InChI=1S/C22H33BN2O5/c1-14-11-15(23-29-21(5,6)22(7,8)30-23)9-10-17(14)25-13-16(12-18(25)26)24-19(27)28-20(2,3)4/h9-11,16H,12-13H2,1-8H3,(H,24,27)/t16-/m0/s1. The Morgan fingerprint density at radius 2 is 1.80 bits per heavy atom. The summed E-state index contributed by atoms with van der Waals surface area (Å²) in [5, 5.41) is 2.80. The molecule has 2 aliphatic rings. The molecule has 2 saturated heterocycles. The maximum atomic E-state index is 12.6. The van der Waals surface area contributed by atoms with Gasteiger partial charge in [-0.2, -0.15) is 0 Å². The highest BCUT2D eigenvalue weighted by Crippen LogP contribution is 2.36. The van der Waals surface area contributed by atoms with Gasteiger partial charge in [0.1, 0.15) is 5.60 Å². The van der Waals surface area contributed by atoms with E-state index in [1.807, 2.05) is 73.6 Å². The van der Waals surface area contributed by atoms with Gasteiger partial charge in [0.15, 0.2) is 0 Å². The molecule has 1 aromatic carbocycles. The molecule has 0 saturated carbocycles. The second-order valence-corrected chi connectivity index (χ2v) is 10.2. The monoisotopic (exact) mass is 416 g/mol. The number of carbonyl (C=O) groups is 2. The van der Waals surface area contributed by atoms with Crippen molar-refractivity contribution in [2.75, 3.05) is 11.4 Å². The van der Waals surface area contributed by atoms with Gasteiger partial charge in [0.2, 0.25) is 5.91 Å². The van der Waals surface area contributed by atoms with E-state index in [1.165, 1.54) is 0 Å². The Balaban J connectivity index is 1.70. The lowest BCUT2D eigenvalue weighted by Gasteiger charge is -2.32. The minimum atomic E-state index is -0.577. The molecule has 164 valence electrons. The van der Waals surface area contributed by atoms with Crippen LogP contribution in [-0.4, -0.2) is 48.5 Å². The van der Waals surface area contributed by atoms with Crippen molar-refractivity contribution in [2.45, 2.75) is 84.7 Å². The topological polar surface area (TPSA) is 77.1 Å². The largest absolute Gasteiger partial charge is 0.494 e. The molecule has 1 aromatic rings. The third-order valence-electron chi connectivity index (χ3n) is 5.88. The van der Waals surface area contributed by atoms with Crippen molar-refractivity contribution >= 4 is 30.3 Å². The van der Waals surface area contributed by atoms with Crippen LogP contribution in [0.2, 0.25) is 0 Å². The summed E-state index contributed by atoms with van der Waals surface area (Å²) in [5.74, 6) is -0.0254. The Morgan fingerprint density at radius 1 is 1.20 bits per heavy atom. The molecule has 2 fully saturated rings. The van der Waals surface area contributed by atoms with E-state index in [-0.39, 0.29) is 18.4 Å². The molecular formula is C22H33BN2O5. The summed E-state index contributed by atoms with van der Waals surface area (Å²) in [5.41, 5.74) is 1.31. The maximum Gasteiger partial charge on any atom is 0.494 e. The van der Waals surface area contributed by atoms with Crippen molar-refractivity contribution < 1.29 is 23.6 Å². The number of anilines is 1. The average molecular weight is 416 g/mol. The van der Waals surface area contributed by atoms with E-state index in [2.05, 4.69) is 5.32 Å². The highest BCUT2D eigenvalue weighted by Gasteiger charge is 2.51. The summed E-state index contributed by atoms with van der Waals surface area (Å²) < 4.78 is 17.6. The molecule has 3 rings (SSSR count). The van der Waals surface area contributed by atoms with Crippen molar-refractivity contribution in [3.8, 4) is 0 Å². The molecule has 0 radical (unpaired) electrons. The van der Waals surface area contributed by atoms with Gasteiger partial charge in [0, 0.05) is 18.7 Å². The van der Waals surface area contributed by atoms with Gasteiger partial charge in [-0.15, -0.1) is 0 Å². The van der Waals surface area contributed by atoms with Gasteiger partial charge in [0.25, 0.3) is 0 Å². The number of nitrogens with zero attached hydrogens (tertiary/aromatic N) is 1. The van der Waals surface area contributed by atoms with Crippen LogP contribution in [0.1, 0.15) is 60.5 Å². The lowest BCUT2D eigenvalue weighted by atomic mass is 9.78. The molecule has 0 unspecified atom stereocenters. The van der Waals surface area contributed by atoms with Crippen molar-refractivity contribution in [2.24, 2.45) is 0 Å². The summed E-state index contributed by atoms with van der Waals surface area (Å²) >= 11 is 0. The molecule has 0 spiro atoms. The van der Waals surface area contributed by atoms with Crippen LogP contribution in [0.5, 0.6) is 0 Å².